The SMILES string of the molecule is CCC=COCC=Cc1ccccc1. The molecule has 0 aromatic heterocycles. The number of hydrogen-bond donors (Lipinski definition) is 0. The van der Waals surface area contributed by atoms with Gasteiger partial charge in [0.1, 0.15) is 6.61 Å². The molecule has 0 N–H and O–H groups in total. The van der Waals surface area contributed by atoms with Crippen LogP contribution in [-0.2, 0) is 4.74 Å². The molecule has 1 nitrogen and oxygen atoms in total. The molecule has 0 fully saturated rings. The summed E-state index contributed by atoms with van der Waals surface area (Å²) >= 11 is 0. The van der Waals surface area contributed by atoms with Gasteiger partial charge in [-0.2, -0.15) is 0 Å². The summed E-state index contributed by atoms with van der Waals surface area (Å²) in [6.45, 7) is 2.71. The zero-order valence-corrected chi connectivity index (χ0v) is 8.52. The first-order chi connectivity index (χ1) is 6.93. The maximum atomic E-state index is 5.23. The Morgan fingerprint density at radius 3 is 2.64 bits per heavy atom. The Balaban J connectivity index is 2.25. The van der Waals surface area contributed by atoms with Crippen molar-refractivity contribution in [3.63, 3.8) is 0 Å². The third-order valence-corrected chi connectivity index (χ3v) is 1.73. The van der Waals surface area contributed by atoms with Gasteiger partial charge < -0.3 is 4.74 Å². The molecule has 0 bridgehead atoms. The normalized spacial score (nSPS) is 11.2. The molecule has 0 saturated carbocycles. The molecule has 1 rings (SSSR count). The van der Waals surface area contributed by atoms with Crippen LogP contribution in [0.4, 0.5) is 0 Å². The Bertz CT molecular complexity index is 285. The van der Waals surface area contributed by atoms with Gasteiger partial charge in [-0.05, 0) is 18.1 Å². The van der Waals surface area contributed by atoms with Crippen molar-refractivity contribution in [3.05, 3.63) is 54.3 Å². The first kappa shape index (κ1) is 10.6. The van der Waals surface area contributed by atoms with E-state index in [0.717, 1.165) is 6.42 Å². The fraction of sp³-hybridized carbons (Fsp3) is 0.231. The Morgan fingerprint density at radius 1 is 1.14 bits per heavy atom. The monoisotopic (exact) mass is 188 g/mol. The van der Waals surface area contributed by atoms with E-state index in [2.05, 4.69) is 25.1 Å². The molecule has 0 radical (unpaired) electrons. The lowest BCUT2D eigenvalue weighted by molar-refractivity contribution is 0.289. The zero-order valence-electron chi connectivity index (χ0n) is 8.52. The van der Waals surface area contributed by atoms with Crippen LogP contribution in [0.3, 0.4) is 0 Å². The van der Waals surface area contributed by atoms with Gasteiger partial charge in [-0.3, -0.25) is 0 Å². The summed E-state index contributed by atoms with van der Waals surface area (Å²) in [7, 11) is 0. The van der Waals surface area contributed by atoms with E-state index in [1.807, 2.05) is 30.4 Å². The first-order valence-electron chi connectivity index (χ1n) is 4.91. The minimum absolute atomic E-state index is 0.630. The van der Waals surface area contributed by atoms with Crippen LogP contribution in [0, 0.1) is 0 Å². The molecule has 0 aliphatic heterocycles. The maximum absolute atomic E-state index is 5.23. The van der Waals surface area contributed by atoms with Gasteiger partial charge in [-0.15, -0.1) is 0 Å². The van der Waals surface area contributed by atoms with E-state index in [1.54, 1.807) is 6.26 Å². The average molecular weight is 188 g/mol. The van der Waals surface area contributed by atoms with Crippen molar-refractivity contribution in [2.24, 2.45) is 0 Å². The standard InChI is InChI=1S/C13H16O/c1-2-3-11-14-12-7-10-13-8-5-4-6-9-13/h3-11H,2,12H2,1H3. The Hall–Kier alpha value is -1.50. The lowest BCUT2D eigenvalue weighted by Crippen LogP contribution is -1.80. The summed E-state index contributed by atoms with van der Waals surface area (Å²) < 4.78 is 5.23. The molecule has 1 aromatic rings. The topological polar surface area (TPSA) is 9.23 Å². The molecule has 0 heterocycles. The molecule has 1 aromatic carbocycles. The molecule has 0 unspecified atom stereocenters. The van der Waals surface area contributed by atoms with Gasteiger partial charge in [0.25, 0.3) is 0 Å². The second-order valence-corrected chi connectivity index (χ2v) is 2.93. The Labute approximate surface area is 85.7 Å². The highest BCUT2D eigenvalue weighted by atomic mass is 16.5. The molecule has 0 spiro atoms. The number of ether oxygens (including phenoxy) is 1. The molecule has 0 saturated heterocycles. The molecule has 0 aliphatic carbocycles. The summed E-state index contributed by atoms with van der Waals surface area (Å²) in [5.41, 5.74) is 1.20. The van der Waals surface area contributed by atoms with Gasteiger partial charge in [0.05, 0.1) is 6.26 Å². The van der Waals surface area contributed by atoms with Crippen molar-refractivity contribution in [3.8, 4) is 0 Å². The van der Waals surface area contributed by atoms with Crippen molar-refractivity contribution in [1.29, 1.82) is 0 Å². The van der Waals surface area contributed by atoms with Crippen molar-refractivity contribution < 1.29 is 4.74 Å². The predicted octanol–water partition coefficient (Wildman–Crippen LogP) is 3.64. The Morgan fingerprint density at radius 2 is 1.93 bits per heavy atom. The summed E-state index contributed by atoms with van der Waals surface area (Å²) in [5, 5.41) is 0. The van der Waals surface area contributed by atoms with E-state index in [4.69, 9.17) is 4.74 Å². The van der Waals surface area contributed by atoms with Crippen molar-refractivity contribution in [2.75, 3.05) is 6.61 Å². The van der Waals surface area contributed by atoms with Crippen molar-refractivity contribution in [2.45, 2.75) is 13.3 Å². The van der Waals surface area contributed by atoms with Crippen LogP contribution >= 0.6 is 0 Å². The van der Waals surface area contributed by atoms with Crippen LogP contribution in [0.1, 0.15) is 18.9 Å². The quantitative estimate of drug-likeness (QED) is 0.506. The third-order valence-electron chi connectivity index (χ3n) is 1.73. The molecule has 74 valence electrons. The highest BCUT2D eigenvalue weighted by molar-refractivity contribution is 5.48. The van der Waals surface area contributed by atoms with Crippen LogP contribution in [0.5, 0.6) is 0 Å². The lowest BCUT2D eigenvalue weighted by Gasteiger charge is -1.94. The van der Waals surface area contributed by atoms with Gasteiger partial charge in [-0.25, -0.2) is 0 Å². The van der Waals surface area contributed by atoms with E-state index in [1.165, 1.54) is 5.56 Å². The van der Waals surface area contributed by atoms with E-state index in [-0.39, 0.29) is 0 Å². The van der Waals surface area contributed by atoms with Crippen molar-refractivity contribution >= 4 is 6.08 Å². The second kappa shape index (κ2) is 6.96. The predicted molar refractivity (Wildman–Crippen MR) is 60.9 cm³/mol. The summed E-state index contributed by atoms with van der Waals surface area (Å²) in [5.74, 6) is 0. The number of hydrogen-bond acceptors (Lipinski definition) is 1. The molecular formula is C13H16O. The minimum Gasteiger partial charge on any atom is -0.497 e. The van der Waals surface area contributed by atoms with Crippen LogP contribution in [0.15, 0.2) is 48.7 Å². The zero-order chi connectivity index (χ0) is 10.1. The van der Waals surface area contributed by atoms with E-state index in [0.29, 0.717) is 6.61 Å². The smallest absolute Gasteiger partial charge is 0.106 e. The van der Waals surface area contributed by atoms with Gasteiger partial charge in [0.2, 0.25) is 0 Å². The van der Waals surface area contributed by atoms with Crippen LogP contribution in [0.25, 0.3) is 6.08 Å². The number of benzene rings is 1. The highest BCUT2D eigenvalue weighted by Crippen LogP contribution is 2.00. The second-order valence-electron chi connectivity index (χ2n) is 2.93. The van der Waals surface area contributed by atoms with E-state index >= 15 is 0 Å². The van der Waals surface area contributed by atoms with Crippen LogP contribution < -0.4 is 0 Å². The number of rotatable bonds is 5. The fourth-order valence-corrected chi connectivity index (χ4v) is 1.02. The minimum atomic E-state index is 0.630. The molecule has 1 heteroatoms. The van der Waals surface area contributed by atoms with E-state index < -0.39 is 0 Å². The summed E-state index contributed by atoms with van der Waals surface area (Å²) in [6.07, 6.45) is 8.82. The summed E-state index contributed by atoms with van der Waals surface area (Å²) in [4.78, 5) is 0. The molecule has 0 aliphatic rings. The summed E-state index contributed by atoms with van der Waals surface area (Å²) in [6, 6.07) is 10.2. The largest absolute Gasteiger partial charge is 0.497 e. The maximum Gasteiger partial charge on any atom is 0.106 e. The molecule has 14 heavy (non-hydrogen) atoms. The van der Waals surface area contributed by atoms with Gasteiger partial charge >= 0.3 is 0 Å². The van der Waals surface area contributed by atoms with Gasteiger partial charge in [-0.1, -0.05) is 49.4 Å². The number of allylic oxidation sites excluding steroid dienone is 1. The fourth-order valence-electron chi connectivity index (χ4n) is 1.02. The third kappa shape index (κ3) is 4.51. The lowest BCUT2D eigenvalue weighted by atomic mass is 10.2. The average Bonchev–Trinajstić information content (AvgIpc) is 2.25. The molecular weight excluding hydrogens is 172 g/mol. The Kier molecular flexibility index (Phi) is 5.26. The molecule has 0 atom stereocenters. The van der Waals surface area contributed by atoms with Crippen molar-refractivity contribution in [1.82, 2.24) is 0 Å². The molecule has 0 amide bonds. The highest BCUT2D eigenvalue weighted by Gasteiger charge is 1.81. The van der Waals surface area contributed by atoms with E-state index in [9.17, 15) is 0 Å². The van der Waals surface area contributed by atoms with Gasteiger partial charge in [0, 0.05) is 0 Å². The van der Waals surface area contributed by atoms with Gasteiger partial charge in [0.15, 0.2) is 0 Å². The first-order valence-corrected chi connectivity index (χ1v) is 4.91. The van der Waals surface area contributed by atoms with Crippen LogP contribution in [-0.4, -0.2) is 6.61 Å². The van der Waals surface area contributed by atoms with Crippen LogP contribution in [0.2, 0.25) is 0 Å².